The zero-order chi connectivity index (χ0) is 12.7. The van der Waals surface area contributed by atoms with Gasteiger partial charge in [-0.3, -0.25) is 9.69 Å². The van der Waals surface area contributed by atoms with Gasteiger partial charge in [-0.1, -0.05) is 20.3 Å². The maximum absolute atomic E-state index is 11.8. The van der Waals surface area contributed by atoms with Crippen molar-refractivity contribution in [2.45, 2.75) is 26.3 Å². The Morgan fingerprint density at radius 1 is 1.50 bits per heavy atom. The molecule has 92 valence electrons. The standard InChI is InChI=1S/C8H15N2O4PS/c1-4-5(2)6-7(11)9(3)8(12)10(6)15(13,14)16/h5-6H,4H2,1-3H3,(H2,13,14,16). The molecular weight excluding hydrogens is 251 g/mol. The molecule has 2 unspecified atom stereocenters. The average molecular weight is 266 g/mol. The van der Waals surface area contributed by atoms with Gasteiger partial charge in [0.15, 0.2) is 0 Å². The molecule has 2 atom stereocenters. The first-order chi connectivity index (χ1) is 7.21. The van der Waals surface area contributed by atoms with Crippen molar-refractivity contribution in [3.63, 3.8) is 0 Å². The van der Waals surface area contributed by atoms with Crippen LogP contribution >= 0.6 is 6.64 Å². The van der Waals surface area contributed by atoms with E-state index < -0.39 is 24.6 Å². The lowest BCUT2D eigenvalue weighted by Gasteiger charge is -2.28. The molecule has 0 aromatic carbocycles. The van der Waals surface area contributed by atoms with Gasteiger partial charge in [-0.05, 0) is 17.7 Å². The summed E-state index contributed by atoms with van der Waals surface area (Å²) < 4.78 is 0.749. The maximum Gasteiger partial charge on any atom is 0.334 e. The van der Waals surface area contributed by atoms with E-state index in [9.17, 15) is 19.4 Å². The van der Waals surface area contributed by atoms with Crippen molar-refractivity contribution in [3.05, 3.63) is 0 Å². The molecule has 0 bridgehead atoms. The number of amides is 3. The smallest absolute Gasteiger partial charge is 0.329 e. The number of carbonyl (C=O) groups is 2. The molecule has 1 heterocycles. The van der Waals surface area contributed by atoms with E-state index >= 15 is 0 Å². The molecule has 0 radical (unpaired) electrons. The van der Waals surface area contributed by atoms with Crippen LogP contribution in [0.15, 0.2) is 0 Å². The summed E-state index contributed by atoms with van der Waals surface area (Å²) in [6.45, 7) is -0.284. The molecular formula is C8H15N2O4PS. The largest absolute Gasteiger partial charge is 0.334 e. The Bertz CT molecular complexity index is 369. The number of likely N-dealkylation sites (N-methyl/N-ethyl adjacent to an activating group) is 1. The Labute approximate surface area is 99.1 Å². The summed E-state index contributed by atoms with van der Waals surface area (Å²) in [7, 11) is 1.31. The van der Waals surface area contributed by atoms with Crippen LogP contribution in [0.4, 0.5) is 4.79 Å². The van der Waals surface area contributed by atoms with Gasteiger partial charge in [0.2, 0.25) is 0 Å². The van der Waals surface area contributed by atoms with Crippen molar-refractivity contribution in [2.24, 2.45) is 5.92 Å². The minimum Gasteiger partial charge on any atom is -0.329 e. The molecule has 6 nitrogen and oxygen atoms in total. The second-order valence-corrected chi connectivity index (χ2v) is 6.80. The van der Waals surface area contributed by atoms with Gasteiger partial charge >= 0.3 is 6.03 Å². The molecule has 8 heteroatoms. The van der Waals surface area contributed by atoms with Gasteiger partial charge in [0, 0.05) is 7.05 Å². The van der Waals surface area contributed by atoms with Crippen LogP contribution in [0, 0.1) is 5.92 Å². The van der Waals surface area contributed by atoms with Gasteiger partial charge < -0.3 is 9.79 Å². The number of rotatable bonds is 3. The van der Waals surface area contributed by atoms with Crippen molar-refractivity contribution >= 4 is 30.4 Å². The minimum absolute atomic E-state index is 0.164. The first-order valence-corrected chi connectivity index (χ1v) is 7.54. The molecule has 2 N–H and O–H groups in total. The van der Waals surface area contributed by atoms with E-state index in [0.29, 0.717) is 6.42 Å². The van der Waals surface area contributed by atoms with Gasteiger partial charge in [-0.15, -0.1) is 0 Å². The quantitative estimate of drug-likeness (QED) is 0.574. The molecule has 1 saturated heterocycles. The Morgan fingerprint density at radius 2 is 2.00 bits per heavy atom. The predicted molar refractivity (Wildman–Crippen MR) is 62.0 cm³/mol. The van der Waals surface area contributed by atoms with Crippen LogP contribution in [0.1, 0.15) is 20.3 Å². The second-order valence-electron chi connectivity index (χ2n) is 3.87. The first-order valence-electron chi connectivity index (χ1n) is 4.88. The van der Waals surface area contributed by atoms with Crippen LogP contribution in [0.3, 0.4) is 0 Å². The van der Waals surface area contributed by atoms with Crippen molar-refractivity contribution in [1.82, 2.24) is 9.57 Å². The summed E-state index contributed by atoms with van der Waals surface area (Å²) in [5, 5.41) is 0. The van der Waals surface area contributed by atoms with Crippen molar-refractivity contribution in [2.75, 3.05) is 7.05 Å². The number of hydrogen-bond acceptors (Lipinski definition) is 3. The van der Waals surface area contributed by atoms with Gasteiger partial charge in [-0.2, -0.15) is 0 Å². The Balaban J connectivity index is 3.17. The van der Waals surface area contributed by atoms with E-state index in [1.165, 1.54) is 7.05 Å². The van der Waals surface area contributed by atoms with Crippen LogP contribution in [0.5, 0.6) is 0 Å². The summed E-state index contributed by atoms with van der Waals surface area (Å²) in [5.41, 5.74) is 0. The third-order valence-electron chi connectivity index (χ3n) is 2.79. The second kappa shape index (κ2) is 4.41. The molecule has 1 rings (SSSR count). The van der Waals surface area contributed by atoms with Crippen molar-refractivity contribution in [1.29, 1.82) is 0 Å². The Morgan fingerprint density at radius 3 is 2.38 bits per heavy atom. The van der Waals surface area contributed by atoms with Crippen LogP contribution in [0.25, 0.3) is 0 Å². The Kier molecular flexibility index (Phi) is 3.74. The van der Waals surface area contributed by atoms with E-state index in [1.807, 2.05) is 6.92 Å². The van der Waals surface area contributed by atoms with Gasteiger partial charge in [0.05, 0.1) is 0 Å². The third-order valence-corrected chi connectivity index (χ3v) is 4.30. The number of hydrogen-bond donors (Lipinski definition) is 2. The molecule has 0 spiro atoms. The Hall–Kier alpha value is -0.490. The zero-order valence-electron chi connectivity index (χ0n) is 9.32. The lowest BCUT2D eigenvalue weighted by molar-refractivity contribution is -0.128. The molecule has 0 aromatic rings. The molecule has 1 aliphatic heterocycles. The summed E-state index contributed by atoms with van der Waals surface area (Å²) in [6.07, 6.45) is 0.642. The van der Waals surface area contributed by atoms with E-state index in [1.54, 1.807) is 6.92 Å². The summed E-state index contributed by atoms with van der Waals surface area (Å²) in [5.74, 6) is -0.597. The number of carbonyl (C=O) groups excluding carboxylic acids is 2. The predicted octanol–water partition coefficient (Wildman–Crippen LogP) is 0.504. The van der Waals surface area contributed by atoms with E-state index in [-0.39, 0.29) is 5.92 Å². The number of nitrogens with zero attached hydrogens (tertiary/aromatic N) is 2. The highest BCUT2D eigenvalue weighted by molar-refractivity contribution is 8.08. The molecule has 1 aliphatic rings. The molecule has 0 saturated carbocycles. The summed E-state index contributed by atoms with van der Waals surface area (Å²) >= 11 is 4.52. The lowest BCUT2D eigenvalue weighted by atomic mass is 9.99. The fourth-order valence-electron chi connectivity index (χ4n) is 1.65. The SMILES string of the molecule is CCC(C)C1C(=O)N(C)C(=O)N1P(O)(O)=S. The van der Waals surface area contributed by atoms with E-state index in [0.717, 1.165) is 9.57 Å². The van der Waals surface area contributed by atoms with Gasteiger partial charge in [0.25, 0.3) is 12.5 Å². The minimum atomic E-state index is -3.91. The topological polar surface area (TPSA) is 81.1 Å². The third kappa shape index (κ3) is 2.13. The van der Waals surface area contributed by atoms with Crippen LogP contribution in [-0.2, 0) is 16.6 Å². The molecule has 0 aliphatic carbocycles. The molecule has 3 amide bonds. The number of imide groups is 1. The molecule has 0 aromatic heterocycles. The monoisotopic (exact) mass is 266 g/mol. The summed E-state index contributed by atoms with van der Waals surface area (Å²) in [4.78, 5) is 43.2. The van der Waals surface area contributed by atoms with Crippen molar-refractivity contribution in [3.8, 4) is 0 Å². The van der Waals surface area contributed by atoms with Crippen LogP contribution in [-0.4, -0.2) is 44.4 Å². The van der Waals surface area contributed by atoms with Gasteiger partial charge in [-0.25, -0.2) is 9.46 Å². The normalized spacial score (nSPS) is 24.2. The number of urea groups is 1. The summed E-state index contributed by atoms with van der Waals surface area (Å²) in [6, 6.07) is -1.59. The maximum atomic E-state index is 11.8. The first kappa shape index (κ1) is 13.6. The molecule has 1 fully saturated rings. The zero-order valence-corrected chi connectivity index (χ0v) is 11.0. The van der Waals surface area contributed by atoms with E-state index in [4.69, 9.17) is 0 Å². The lowest BCUT2D eigenvalue weighted by Crippen LogP contribution is -2.37. The fourth-order valence-corrected chi connectivity index (χ4v) is 3.17. The van der Waals surface area contributed by atoms with Crippen LogP contribution in [0.2, 0.25) is 0 Å². The highest BCUT2D eigenvalue weighted by atomic mass is 32.5. The molecule has 16 heavy (non-hydrogen) atoms. The highest BCUT2D eigenvalue weighted by Gasteiger charge is 2.50. The van der Waals surface area contributed by atoms with Gasteiger partial charge in [0.1, 0.15) is 6.04 Å². The average Bonchev–Trinajstić information content (AvgIpc) is 2.40. The highest BCUT2D eigenvalue weighted by Crippen LogP contribution is 2.47. The van der Waals surface area contributed by atoms with Crippen LogP contribution < -0.4 is 0 Å². The fraction of sp³-hybridized carbons (Fsp3) is 0.750. The van der Waals surface area contributed by atoms with E-state index in [2.05, 4.69) is 11.8 Å². The van der Waals surface area contributed by atoms with Crippen molar-refractivity contribution < 1.29 is 19.4 Å².